The highest BCUT2D eigenvalue weighted by Gasteiger charge is 2.51. The van der Waals surface area contributed by atoms with Crippen molar-refractivity contribution in [3.63, 3.8) is 0 Å². The van der Waals surface area contributed by atoms with E-state index in [-0.39, 0.29) is 24.6 Å². The van der Waals surface area contributed by atoms with Crippen LogP contribution in [0, 0.1) is 16.7 Å². The smallest absolute Gasteiger partial charge is 0.428 e. The van der Waals surface area contributed by atoms with Crippen LogP contribution in [-0.2, 0) is 14.3 Å². The summed E-state index contributed by atoms with van der Waals surface area (Å²) in [5, 5.41) is 19.5. The Kier molecular flexibility index (Phi) is 7.68. The van der Waals surface area contributed by atoms with E-state index in [1.165, 1.54) is 18.2 Å². The fraction of sp³-hybridized carbons (Fsp3) is 0.542. The highest BCUT2D eigenvalue weighted by atomic mass is 79.9. The summed E-state index contributed by atoms with van der Waals surface area (Å²) in [6.45, 7) is -1.28. The Bertz CT molecular complexity index is 1160. The minimum atomic E-state index is -3.01. The van der Waals surface area contributed by atoms with E-state index in [0.29, 0.717) is 35.0 Å². The monoisotopic (exact) mass is 581 g/mol. The second kappa shape index (κ2) is 10.6. The Morgan fingerprint density at radius 3 is 2.62 bits per heavy atom. The first-order valence-electron chi connectivity index (χ1n) is 11.9. The first-order valence-corrected chi connectivity index (χ1v) is 12.7. The number of hydrogen-bond donors (Lipinski definition) is 3. The zero-order chi connectivity index (χ0) is 26.8. The van der Waals surface area contributed by atoms with Gasteiger partial charge in [0.1, 0.15) is 11.5 Å². The van der Waals surface area contributed by atoms with Crippen LogP contribution in [0.15, 0.2) is 27.8 Å². The highest BCUT2D eigenvalue weighted by Crippen LogP contribution is 2.48. The third-order valence-corrected chi connectivity index (χ3v) is 7.53. The van der Waals surface area contributed by atoms with E-state index in [1.54, 1.807) is 6.92 Å². The second-order valence-electron chi connectivity index (χ2n) is 9.69. The molecule has 3 amide bonds. The van der Waals surface area contributed by atoms with Gasteiger partial charge in [0.2, 0.25) is 0 Å². The zero-order valence-electron chi connectivity index (χ0n) is 20.0. The van der Waals surface area contributed by atoms with Gasteiger partial charge < -0.3 is 20.1 Å². The fourth-order valence-electron chi connectivity index (χ4n) is 4.86. The van der Waals surface area contributed by atoms with Crippen molar-refractivity contribution >= 4 is 39.5 Å². The molecule has 3 aliphatic rings. The van der Waals surface area contributed by atoms with Crippen molar-refractivity contribution < 1.29 is 32.6 Å². The Hall–Kier alpha value is -3.27. The number of nitriles is 1. The molecule has 13 heteroatoms. The average molecular weight is 582 g/mol. The van der Waals surface area contributed by atoms with E-state index in [4.69, 9.17) is 4.74 Å². The van der Waals surface area contributed by atoms with E-state index in [2.05, 4.69) is 47.9 Å². The summed E-state index contributed by atoms with van der Waals surface area (Å²) in [7, 11) is 0. The number of benzene rings is 1. The molecule has 1 aromatic rings. The summed E-state index contributed by atoms with van der Waals surface area (Å²) in [5.74, 6) is -1.51. The normalized spacial score (nSPS) is 25.8. The molecule has 3 N–H and O–H groups in total. The van der Waals surface area contributed by atoms with Gasteiger partial charge in [-0.25, -0.2) is 10.2 Å². The molecule has 0 aromatic heterocycles. The zero-order valence-corrected chi connectivity index (χ0v) is 21.6. The third-order valence-electron chi connectivity index (χ3n) is 6.84. The van der Waals surface area contributed by atoms with Crippen molar-refractivity contribution in [3.8, 4) is 11.8 Å². The van der Waals surface area contributed by atoms with E-state index in [9.17, 15) is 28.4 Å². The maximum atomic E-state index is 12.8. The summed E-state index contributed by atoms with van der Waals surface area (Å²) < 4.78 is 36.3. The molecule has 0 unspecified atom stereocenters. The van der Waals surface area contributed by atoms with Gasteiger partial charge in [0.05, 0.1) is 11.5 Å². The molecule has 2 fully saturated rings. The Morgan fingerprint density at radius 2 is 2.00 bits per heavy atom. The molecule has 0 bridgehead atoms. The number of halogens is 3. The molecule has 2 saturated carbocycles. The lowest BCUT2D eigenvalue weighted by Crippen LogP contribution is -2.54. The molecule has 198 valence electrons. The molecular formula is C24H26BrF2N5O5. The lowest BCUT2D eigenvalue weighted by atomic mass is 9.65. The Balaban J connectivity index is 1.49. The van der Waals surface area contributed by atoms with Gasteiger partial charge in [0, 0.05) is 22.1 Å². The van der Waals surface area contributed by atoms with E-state index < -0.39 is 41.6 Å². The number of rotatable bonds is 7. The van der Waals surface area contributed by atoms with Crippen LogP contribution < -0.4 is 20.8 Å². The summed E-state index contributed by atoms with van der Waals surface area (Å²) in [6.07, 6.45) is 2.36. The summed E-state index contributed by atoms with van der Waals surface area (Å²) in [4.78, 5) is 36.3. The predicted octanol–water partition coefficient (Wildman–Crippen LogP) is 3.49. The van der Waals surface area contributed by atoms with Crippen LogP contribution in [0.4, 0.5) is 13.6 Å². The van der Waals surface area contributed by atoms with Gasteiger partial charge in [-0.05, 0) is 70.1 Å². The topological polar surface area (TPSA) is 142 Å². The van der Waals surface area contributed by atoms with Crippen LogP contribution in [0.25, 0.3) is 0 Å². The number of hydrogen-bond acceptors (Lipinski definition) is 7. The number of nitrogens with one attached hydrogen (secondary N) is 3. The van der Waals surface area contributed by atoms with Crippen molar-refractivity contribution in [2.45, 2.75) is 76.2 Å². The van der Waals surface area contributed by atoms with Gasteiger partial charge in [0.15, 0.2) is 5.60 Å². The molecule has 0 radical (unpaired) electrons. The van der Waals surface area contributed by atoms with Crippen LogP contribution in [0.5, 0.6) is 5.75 Å². The van der Waals surface area contributed by atoms with Gasteiger partial charge in [0.25, 0.3) is 0 Å². The molecule has 10 nitrogen and oxygen atoms in total. The summed E-state index contributed by atoms with van der Waals surface area (Å²) >= 11 is 3.40. The van der Waals surface area contributed by atoms with E-state index in [1.807, 2.05) is 0 Å². The predicted molar refractivity (Wildman–Crippen MR) is 130 cm³/mol. The first-order chi connectivity index (χ1) is 17.5. The molecule has 2 aliphatic carbocycles. The van der Waals surface area contributed by atoms with Gasteiger partial charge in [-0.1, -0.05) is 15.9 Å². The lowest BCUT2D eigenvalue weighted by molar-refractivity contribution is -0.139. The largest absolute Gasteiger partial charge is 0.435 e. The molecule has 0 saturated heterocycles. The number of carbonyl (C=O) groups is 3. The van der Waals surface area contributed by atoms with E-state index in [0.717, 1.165) is 12.8 Å². The van der Waals surface area contributed by atoms with Crippen LogP contribution in [0.2, 0.25) is 0 Å². The van der Waals surface area contributed by atoms with Crippen molar-refractivity contribution in [1.29, 1.82) is 5.26 Å². The number of amides is 3. The van der Waals surface area contributed by atoms with Crippen LogP contribution in [0.1, 0.15) is 57.4 Å². The fourth-order valence-corrected chi connectivity index (χ4v) is 5.29. The van der Waals surface area contributed by atoms with Crippen molar-refractivity contribution in [2.75, 3.05) is 0 Å². The van der Waals surface area contributed by atoms with E-state index >= 15 is 0 Å². The maximum Gasteiger partial charge on any atom is 0.428 e. The standard InChI is InChI=1S/C24H26BrF2N5O5/c1-13(29-19(33)20(34)30-14-2-3-14)11-23(12-28)6-8-24(9-7-23)18(31-32-22(35)37-24)16-10-15(36-21(26)27)4-5-17(16)25/h4-5,10,13-14,21H,2-3,6-9,11H2,1H3,(H,29,33)(H,30,34)(H,32,35)/t13-,23?,24?/m0/s1. The number of ether oxygens (including phenoxy) is 2. The third kappa shape index (κ3) is 6.18. The maximum absolute atomic E-state index is 12.8. The quantitative estimate of drug-likeness (QED) is 0.421. The van der Waals surface area contributed by atoms with Crippen molar-refractivity contribution in [2.24, 2.45) is 10.5 Å². The number of alkyl halides is 2. The highest BCUT2D eigenvalue weighted by molar-refractivity contribution is 9.10. The second-order valence-corrected chi connectivity index (χ2v) is 10.5. The van der Waals surface area contributed by atoms with Crippen LogP contribution in [0.3, 0.4) is 0 Å². The Labute approximate surface area is 220 Å². The van der Waals surface area contributed by atoms with Gasteiger partial charge in [-0.2, -0.15) is 19.1 Å². The molecule has 4 rings (SSSR count). The summed E-state index contributed by atoms with van der Waals surface area (Å²) in [6, 6.07) is 6.26. The molecule has 1 atom stereocenters. The minimum absolute atomic E-state index is 0.0553. The lowest BCUT2D eigenvalue weighted by Gasteiger charge is -2.45. The van der Waals surface area contributed by atoms with Crippen LogP contribution >= 0.6 is 15.9 Å². The van der Waals surface area contributed by atoms with Crippen molar-refractivity contribution in [3.05, 3.63) is 28.2 Å². The minimum Gasteiger partial charge on any atom is -0.435 e. The molecule has 37 heavy (non-hydrogen) atoms. The molecule has 1 aromatic carbocycles. The SMILES string of the molecule is C[C@@H](CC1(C#N)CCC2(CC1)OC(=O)NN=C2c1cc(OC(F)F)ccc1Br)NC(=O)C(=O)NC1CC1. The first kappa shape index (κ1) is 26.8. The van der Waals surface area contributed by atoms with Crippen LogP contribution in [-0.4, -0.2) is 47.9 Å². The molecule has 1 aliphatic heterocycles. The van der Waals surface area contributed by atoms with Gasteiger partial charge in [-0.15, -0.1) is 0 Å². The number of nitrogens with zero attached hydrogens (tertiary/aromatic N) is 2. The molecular weight excluding hydrogens is 556 g/mol. The van der Waals surface area contributed by atoms with Gasteiger partial charge in [-0.3, -0.25) is 9.59 Å². The molecule has 1 heterocycles. The average Bonchev–Trinajstić information content (AvgIpc) is 3.66. The Morgan fingerprint density at radius 1 is 1.30 bits per heavy atom. The van der Waals surface area contributed by atoms with Gasteiger partial charge >= 0.3 is 24.5 Å². The number of carbonyl (C=O) groups excluding carboxylic acids is 3. The number of hydrazone groups is 1. The van der Waals surface area contributed by atoms with Crippen molar-refractivity contribution in [1.82, 2.24) is 16.1 Å². The summed E-state index contributed by atoms with van der Waals surface area (Å²) in [5.41, 5.74) is 0.972. The molecule has 1 spiro atoms.